The molecule has 29 heavy (non-hydrogen) atoms. The third kappa shape index (κ3) is 3.74. The van der Waals surface area contributed by atoms with Crippen LogP contribution in [-0.2, 0) is 9.59 Å². The van der Waals surface area contributed by atoms with Gasteiger partial charge in [0.25, 0.3) is 5.91 Å². The Kier molecular flexibility index (Phi) is 4.85. The van der Waals surface area contributed by atoms with Crippen LogP contribution in [0.1, 0.15) is 45.1 Å². The summed E-state index contributed by atoms with van der Waals surface area (Å²) in [6, 6.07) is 7.53. The lowest BCUT2D eigenvalue weighted by Crippen LogP contribution is -2.46. The van der Waals surface area contributed by atoms with E-state index in [0.29, 0.717) is 16.1 Å². The first-order chi connectivity index (χ1) is 13.8. The molecule has 2 N–H and O–H groups in total. The minimum Gasteiger partial charge on any atom is -0.323 e. The molecule has 2 aliphatic rings. The molecule has 1 aliphatic carbocycles. The van der Waals surface area contributed by atoms with E-state index in [2.05, 4.69) is 34.7 Å². The van der Waals surface area contributed by atoms with Crippen LogP contribution in [0.2, 0.25) is 0 Å². The highest BCUT2D eigenvalue weighted by Gasteiger charge is 2.56. The molecule has 1 aromatic heterocycles. The van der Waals surface area contributed by atoms with Crippen molar-refractivity contribution in [2.24, 2.45) is 5.92 Å². The van der Waals surface area contributed by atoms with Crippen molar-refractivity contribution in [3.8, 4) is 10.6 Å². The van der Waals surface area contributed by atoms with Crippen LogP contribution in [0, 0.1) is 5.92 Å². The Morgan fingerprint density at radius 3 is 2.59 bits per heavy atom. The third-order valence-electron chi connectivity index (χ3n) is 5.49. The van der Waals surface area contributed by atoms with Crippen molar-refractivity contribution in [3.63, 3.8) is 0 Å². The molecule has 1 saturated heterocycles. The summed E-state index contributed by atoms with van der Waals surface area (Å²) < 4.78 is 0. The fraction of sp³-hybridized carbons (Fsp3) is 0.450. The normalized spacial score (nSPS) is 21.6. The predicted molar refractivity (Wildman–Crippen MR) is 109 cm³/mol. The van der Waals surface area contributed by atoms with Crippen LogP contribution in [0.4, 0.5) is 9.93 Å². The van der Waals surface area contributed by atoms with Gasteiger partial charge >= 0.3 is 6.03 Å². The Balaban J connectivity index is 1.39. The van der Waals surface area contributed by atoms with Crippen LogP contribution in [0.5, 0.6) is 0 Å². The number of hydrogen-bond donors (Lipinski definition) is 2. The van der Waals surface area contributed by atoms with Gasteiger partial charge in [0.1, 0.15) is 17.1 Å². The highest BCUT2D eigenvalue weighted by Crippen LogP contribution is 2.42. The van der Waals surface area contributed by atoms with Gasteiger partial charge in [0.15, 0.2) is 0 Å². The Bertz CT molecular complexity index is 967. The van der Waals surface area contributed by atoms with Crippen molar-refractivity contribution in [1.82, 2.24) is 20.4 Å². The summed E-state index contributed by atoms with van der Waals surface area (Å²) in [4.78, 5) is 38.1. The number of anilines is 1. The molecular formula is C20H23N5O3S. The first kappa shape index (κ1) is 19.5. The van der Waals surface area contributed by atoms with E-state index in [-0.39, 0.29) is 18.4 Å². The number of rotatable bonds is 6. The minimum atomic E-state index is -0.893. The summed E-state index contributed by atoms with van der Waals surface area (Å²) >= 11 is 1.24. The van der Waals surface area contributed by atoms with Gasteiger partial charge in [-0.25, -0.2) is 4.79 Å². The monoisotopic (exact) mass is 413 g/mol. The fourth-order valence-electron chi connectivity index (χ4n) is 3.50. The van der Waals surface area contributed by atoms with Crippen LogP contribution < -0.4 is 10.6 Å². The van der Waals surface area contributed by atoms with E-state index in [1.165, 1.54) is 16.9 Å². The van der Waals surface area contributed by atoms with E-state index in [1.807, 2.05) is 24.3 Å². The van der Waals surface area contributed by atoms with E-state index in [1.54, 1.807) is 6.92 Å². The standard InChI is InChI=1S/C20H23N5O3S/c1-11(2)12-4-6-13(7-5-12)16-23-24-18(29-16)21-15(26)10-25-17(27)20(3,14-8-9-14)22-19(25)28/h4-7,11,14H,8-10H2,1-3H3,(H,22,28)(H,21,24,26)/t20-/m1/s1. The van der Waals surface area contributed by atoms with E-state index >= 15 is 0 Å². The number of carbonyl (C=O) groups excluding carboxylic acids is 3. The average Bonchev–Trinajstić information content (AvgIpc) is 3.41. The Morgan fingerprint density at radius 2 is 1.97 bits per heavy atom. The minimum absolute atomic E-state index is 0.153. The molecule has 0 spiro atoms. The molecular weight excluding hydrogens is 390 g/mol. The van der Waals surface area contributed by atoms with Crippen molar-refractivity contribution in [3.05, 3.63) is 29.8 Å². The first-order valence-corrected chi connectivity index (χ1v) is 10.5. The van der Waals surface area contributed by atoms with Crippen molar-refractivity contribution in [2.45, 2.75) is 45.1 Å². The molecule has 2 fully saturated rings. The maximum absolute atomic E-state index is 12.6. The summed E-state index contributed by atoms with van der Waals surface area (Å²) in [7, 11) is 0. The third-order valence-corrected chi connectivity index (χ3v) is 6.38. The van der Waals surface area contributed by atoms with Gasteiger partial charge in [0.2, 0.25) is 11.0 Å². The number of aromatic nitrogens is 2. The largest absolute Gasteiger partial charge is 0.325 e. The summed E-state index contributed by atoms with van der Waals surface area (Å²) in [5, 5.41) is 14.5. The second-order valence-corrected chi connectivity index (χ2v) is 9.01. The molecule has 4 rings (SSSR count). The van der Waals surface area contributed by atoms with Crippen molar-refractivity contribution >= 4 is 34.3 Å². The van der Waals surface area contributed by atoms with E-state index in [4.69, 9.17) is 0 Å². The zero-order chi connectivity index (χ0) is 20.8. The molecule has 8 nitrogen and oxygen atoms in total. The molecule has 9 heteroatoms. The van der Waals surface area contributed by atoms with Gasteiger partial charge in [0, 0.05) is 5.56 Å². The second kappa shape index (κ2) is 7.22. The molecule has 0 unspecified atom stereocenters. The number of nitrogens with zero attached hydrogens (tertiary/aromatic N) is 3. The smallest absolute Gasteiger partial charge is 0.323 e. The maximum Gasteiger partial charge on any atom is 0.325 e. The number of hydrogen-bond acceptors (Lipinski definition) is 6. The van der Waals surface area contributed by atoms with Crippen LogP contribution in [0.15, 0.2) is 24.3 Å². The highest BCUT2D eigenvalue weighted by molar-refractivity contribution is 7.18. The molecule has 0 bridgehead atoms. The predicted octanol–water partition coefficient (Wildman–Crippen LogP) is 2.99. The van der Waals surface area contributed by atoms with E-state index in [9.17, 15) is 14.4 Å². The summed E-state index contributed by atoms with van der Waals surface area (Å²) in [5.41, 5.74) is 1.26. The molecule has 1 aliphatic heterocycles. The average molecular weight is 414 g/mol. The highest BCUT2D eigenvalue weighted by atomic mass is 32.1. The molecule has 1 atom stereocenters. The second-order valence-electron chi connectivity index (χ2n) is 8.04. The molecule has 0 radical (unpaired) electrons. The Labute approximate surface area is 172 Å². The maximum atomic E-state index is 12.6. The number of amides is 4. The Morgan fingerprint density at radius 1 is 1.28 bits per heavy atom. The van der Waals surface area contributed by atoms with Crippen molar-refractivity contribution in [2.75, 3.05) is 11.9 Å². The van der Waals surface area contributed by atoms with Gasteiger partial charge in [0.05, 0.1) is 0 Å². The molecule has 2 aromatic rings. The zero-order valence-electron chi connectivity index (χ0n) is 16.6. The number of benzene rings is 1. The topological polar surface area (TPSA) is 104 Å². The number of nitrogens with one attached hydrogen (secondary N) is 2. The van der Waals surface area contributed by atoms with Crippen LogP contribution in [-0.4, -0.2) is 45.0 Å². The van der Waals surface area contributed by atoms with Gasteiger partial charge in [-0.05, 0) is 37.2 Å². The fourth-order valence-corrected chi connectivity index (χ4v) is 4.27. The molecule has 2 heterocycles. The van der Waals surface area contributed by atoms with Gasteiger partial charge < -0.3 is 5.32 Å². The molecule has 4 amide bonds. The lowest BCUT2D eigenvalue weighted by molar-refractivity contribution is -0.134. The molecule has 1 saturated carbocycles. The zero-order valence-corrected chi connectivity index (χ0v) is 17.4. The van der Waals surface area contributed by atoms with Crippen LogP contribution >= 0.6 is 11.3 Å². The van der Waals surface area contributed by atoms with Crippen molar-refractivity contribution in [1.29, 1.82) is 0 Å². The molecule has 1 aromatic carbocycles. The van der Waals surface area contributed by atoms with Gasteiger partial charge in [-0.15, -0.1) is 10.2 Å². The van der Waals surface area contributed by atoms with Gasteiger partial charge in [-0.1, -0.05) is 49.4 Å². The summed E-state index contributed by atoms with van der Waals surface area (Å²) in [6.45, 7) is 5.65. The number of imide groups is 1. The van der Waals surface area contributed by atoms with Crippen LogP contribution in [0.25, 0.3) is 10.6 Å². The van der Waals surface area contributed by atoms with Gasteiger partial charge in [-0.2, -0.15) is 0 Å². The van der Waals surface area contributed by atoms with Crippen LogP contribution in [0.3, 0.4) is 0 Å². The SMILES string of the molecule is CC(C)c1ccc(-c2nnc(NC(=O)CN3C(=O)N[C@](C)(C4CC4)C3=O)s2)cc1. The molecule has 152 valence electrons. The van der Waals surface area contributed by atoms with Gasteiger partial charge in [-0.3, -0.25) is 19.8 Å². The summed E-state index contributed by atoms with van der Waals surface area (Å²) in [6.07, 6.45) is 1.82. The van der Waals surface area contributed by atoms with Crippen molar-refractivity contribution < 1.29 is 14.4 Å². The Hall–Kier alpha value is -2.81. The quantitative estimate of drug-likeness (QED) is 0.709. The lowest BCUT2D eigenvalue weighted by atomic mass is 9.96. The van der Waals surface area contributed by atoms with E-state index in [0.717, 1.165) is 23.3 Å². The first-order valence-electron chi connectivity index (χ1n) is 9.65. The number of urea groups is 1. The van der Waals surface area contributed by atoms with E-state index < -0.39 is 17.5 Å². The summed E-state index contributed by atoms with van der Waals surface area (Å²) in [5.74, 6) is -0.227. The lowest BCUT2D eigenvalue weighted by Gasteiger charge is -2.20. The number of carbonyl (C=O) groups is 3.